The van der Waals surface area contributed by atoms with Crippen LogP contribution in [0.1, 0.15) is 46.2 Å². The first-order valence-corrected chi connectivity index (χ1v) is 15.2. The lowest BCUT2D eigenvalue weighted by atomic mass is 9.73. The van der Waals surface area contributed by atoms with Crippen molar-refractivity contribution in [2.24, 2.45) is 11.3 Å². The van der Waals surface area contributed by atoms with E-state index >= 15 is 0 Å². The zero-order valence-corrected chi connectivity index (χ0v) is 25.5. The van der Waals surface area contributed by atoms with Crippen molar-refractivity contribution in [2.45, 2.75) is 74.8 Å². The van der Waals surface area contributed by atoms with Crippen molar-refractivity contribution >= 4 is 41.1 Å². The molecule has 5 rings (SSSR count). The van der Waals surface area contributed by atoms with Gasteiger partial charge in [0.15, 0.2) is 5.82 Å². The SMILES string of the molecule is C[C@@H]1OCC2(CCN(c3ncc(Sc4ccnc(N5CC(CO)C5)c4Cl)nc3CO)CC2)[C@@H]1NC(=O)OC(C)(C)C. The Morgan fingerprint density at radius 2 is 1.95 bits per heavy atom. The molecule has 3 N–H and O–H groups in total. The molecule has 1 spiro atoms. The first-order valence-electron chi connectivity index (χ1n) is 14.0. The van der Waals surface area contributed by atoms with E-state index in [0.29, 0.717) is 47.1 Å². The molecular formula is C28H39ClN6O5S. The Morgan fingerprint density at radius 3 is 2.61 bits per heavy atom. The molecule has 2 atom stereocenters. The number of pyridine rings is 1. The number of halogens is 1. The highest BCUT2D eigenvalue weighted by Crippen LogP contribution is 2.44. The molecule has 13 heteroatoms. The van der Waals surface area contributed by atoms with Crippen LogP contribution in [0.5, 0.6) is 0 Å². The van der Waals surface area contributed by atoms with E-state index in [1.54, 1.807) is 12.4 Å². The van der Waals surface area contributed by atoms with Crippen molar-refractivity contribution in [3.63, 3.8) is 0 Å². The molecular weight excluding hydrogens is 568 g/mol. The fourth-order valence-electron chi connectivity index (χ4n) is 5.81. The number of ether oxygens (including phenoxy) is 2. The summed E-state index contributed by atoms with van der Waals surface area (Å²) >= 11 is 8.07. The van der Waals surface area contributed by atoms with Crippen LogP contribution in [0.3, 0.4) is 0 Å². The summed E-state index contributed by atoms with van der Waals surface area (Å²) in [6.45, 7) is 10.9. The number of carbonyl (C=O) groups is 1. The molecule has 0 aliphatic carbocycles. The van der Waals surface area contributed by atoms with Gasteiger partial charge in [0.05, 0.1) is 36.6 Å². The lowest BCUT2D eigenvalue weighted by Gasteiger charge is -2.43. The summed E-state index contributed by atoms with van der Waals surface area (Å²) in [5.41, 5.74) is -0.264. The van der Waals surface area contributed by atoms with Gasteiger partial charge < -0.3 is 34.8 Å². The number of piperidine rings is 1. The van der Waals surface area contributed by atoms with Crippen LogP contribution in [-0.4, -0.2) is 88.4 Å². The van der Waals surface area contributed by atoms with Crippen molar-refractivity contribution in [3.8, 4) is 0 Å². The number of hydrogen-bond donors (Lipinski definition) is 3. The number of aliphatic hydroxyl groups excluding tert-OH is 2. The average Bonchev–Trinajstić information content (AvgIpc) is 3.19. The van der Waals surface area contributed by atoms with Gasteiger partial charge in [0, 0.05) is 55.2 Å². The molecule has 11 nitrogen and oxygen atoms in total. The normalized spacial score (nSPS) is 22.6. The number of nitrogens with zero attached hydrogens (tertiary/aromatic N) is 5. The minimum absolute atomic E-state index is 0.115. The Morgan fingerprint density at radius 1 is 1.22 bits per heavy atom. The van der Waals surface area contributed by atoms with E-state index in [1.807, 2.05) is 38.7 Å². The number of hydrogen-bond acceptors (Lipinski definition) is 11. The molecule has 1 amide bonds. The van der Waals surface area contributed by atoms with Crippen LogP contribution in [-0.2, 0) is 16.1 Å². The fourth-order valence-corrected chi connectivity index (χ4v) is 6.96. The van der Waals surface area contributed by atoms with E-state index < -0.39 is 11.7 Å². The molecule has 3 aliphatic rings. The predicted octanol–water partition coefficient (Wildman–Crippen LogP) is 3.50. The van der Waals surface area contributed by atoms with Gasteiger partial charge in [-0.25, -0.2) is 19.7 Å². The standard InChI is InChI=1S/C28H39ClN6O5S/c1-17-23(33-26(38)40-27(2,3)4)28(16-39-17)6-9-34(10-7-28)24-19(15-37)32-21(11-31-24)41-20-5-8-30-25(22(20)29)35-12-18(13-35)14-36/h5,8,11,17-18,23,36-37H,6-7,9-10,12-16H2,1-4H3,(H,33,38)/t17-,23+/m0/s1. The summed E-state index contributed by atoms with van der Waals surface area (Å²) in [6.07, 6.45) is 4.47. The van der Waals surface area contributed by atoms with Gasteiger partial charge in [-0.1, -0.05) is 23.4 Å². The number of aliphatic hydroxyl groups is 2. The van der Waals surface area contributed by atoms with Gasteiger partial charge in [0.2, 0.25) is 0 Å². The Labute approximate surface area is 250 Å². The van der Waals surface area contributed by atoms with Crippen molar-refractivity contribution in [1.82, 2.24) is 20.3 Å². The Bertz CT molecular complexity index is 1250. The molecule has 3 aliphatic heterocycles. The van der Waals surface area contributed by atoms with Crippen molar-refractivity contribution in [1.29, 1.82) is 0 Å². The number of alkyl carbamates (subject to hydrolysis) is 1. The van der Waals surface area contributed by atoms with E-state index in [9.17, 15) is 15.0 Å². The largest absolute Gasteiger partial charge is 0.444 e. The highest BCUT2D eigenvalue weighted by atomic mass is 35.5. The van der Waals surface area contributed by atoms with Gasteiger partial charge >= 0.3 is 6.09 Å². The minimum atomic E-state index is -0.573. The monoisotopic (exact) mass is 606 g/mol. The van der Waals surface area contributed by atoms with E-state index in [0.717, 1.165) is 30.8 Å². The minimum Gasteiger partial charge on any atom is -0.444 e. The number of aromatic nitrogens is 3. The summed E-state index contributed by atoms with van der Waals surface area (Å²) < 4.78 is 11.5. The Balaban J connectivity index is 1.25. The second-order valence-electron chi connectivity index (χ2n) is 12.1. The number of nitrogens with one attached hydrogen (secondary N) is 1. The maximum absolute atomic E-state index is 12.6. The van der Waals surface area contributed by atoms with Crippen molar-refractivity contribution in [2.75, 3.05) is 49.2 Å². The van der Waals surface area contributed by atoms with Crippen LogP contribution in [0.4, 0.5) is 16.4 Å². The molecule has 41 heavy (non-hydrogen) atoms. The summed E-state index contributed by atoms with van der Waals surface area (Å²) in [5, 5.41) is 23.8. The second-order valence-corrected chi connectivity index (χ2v) is 13.6. The van der Waals surface area contributed by atoms with Gasteiger partial charge in [-0.15, -0.1) is 0 Å². The van der Waals surface area contributed by atoms with Crippen LogP contribution < -0.4 is 15.1 Å². The molecule has 2 aromatic rings. The highest BCUT2D eigenvalue weighted by Gasteiger charge is 2.50. The van der Waals surface area contributed by atoms with E-state index in [2.05, 4.69) is 15.2 Å². The maximum Gasteiger partial charge on any atom is 0.407 e. The lowest BCUT2D eigenvalue weighted by Crippen LogP contribution is -2.55. The number of anilines is 2. The maximum atomic E-state index is 12.6. The molecule has 0 bridgehead atoms. The molecule has 3 fully saturated rings. The topological polar surface area (TPSA) is 133 Å². The van der Waals surface area contributed by atoms with Gasteiger partial charge in [-0.2, -0.15) is 0 Å². The van der Waals surface area contributed by atoms with Gasteiger partial charge in [0.25, 0.3) is 0 Å². The van der Waals surface area contributed by atoms with Gasteiger partial charge in [-0.05, 0) is 46.6 Å². The first kappa shape index (κ1) is 30.1. The lowest BCUT2D eigenvalue weighted by molar-refractivity contribution is 0.0434. The number of carbonyl (C=O) groups excluding carboxylic acids is 1. The Kier molecular flexibility index (Phi) is 8.87. The van der Waals surface area contributed by atoms with E-state index in [4.69, 9.17) is 31.0 Å². The molecule has 0 aromatic carbocycles. The van der Waals surface area contributed by atoms with E-state index in [-0.39, 0.29) is 36.7 Å². The van der Waals surface area contributed by atoms with Crippen LogP contribution >= 0.6 is 23.4 Å². The molecule has 0 saturated carbocycles. The molecule has 5 heterocycles. The highest BCUT2D eigenvalue weighted by molar-refractivity contribution is 7.99. The Hall–Kier alpha value is -2.38. The van der Waals surface area contributed by atoms with Crippen molar-refractivity contribution in [3.05, 3.63) is 29.2 Å². The summed E-state index contributed by atoms with van der Waals surface area (Å²) in [7, 11) is 0. The summed E-state index contributed by atoms with van der Waals surface area (Å²) in [5.74, 6) is 1.60. The van der Waals surface area contributed by atoms with E-state index in [1.165, 1.54) is 11.8 Å². The zero-order valence-electron chi connectivity index (χ0n) is 24.0. The number of rotatable bonds is 7. The second kappa shape index (κ2) is 12.1. The summed E-state index contributed by atoms with van der Waals surface area (Å²) in [4.78, 5) is 31.4. The smallest absolute Gasteiger partial charge is 0.407 e. The van der Waals surface area contributed by atoms with Gasteiger partial charge in [-0.3, -0.25) is 0 Å². The van der Waals surface area contributed by atoms with Crippen molar-refractivity contribution < 1.29 is 24.5 Å². The average molecular weight is 607 g/mol. The molecule has 2 aromatic heterocycles. The third-order valence-electron chi connectivity index (χ3n) is 8.01. The van der Waals surface area contributed by atoms with Gasteiger partial charge in [0.1, 0.15) is 22.1 Å². The third-order valence-corrected chi connectivity index (χ3v) is 9.46. The van der Waals surface area contributed by atoms with Crippen LogP contribution in [0.25, 0.3) is 0 Å². The molecule has 3 saturated heterocycles. The fraction of sp³-hybridized carbons (Fsp3) is 0.643. The molecule has 0 radical (unpaired) electrons. The summed E-state index contributed by atoms with van der Waals surface area (Å²) in [6, 6.07) is 1.69. The third kappa shape index (κ3) is 6.51. The van der Waals surface area contributed by atoms with Crippen LogP contribution in [0.15, 0.2) is 28.4 Å². The quantitative estimate of drug-likeness (QED) is 0.428. The number of amides is 1. The molecule has 0 unspecified atom stereocenters. The molecule has 224 valence electrons. The first-order chi connectivity index (χ1) is 19.5. The van der Waals surface area contributed by atoms with Crippen LogP contribution in [0, 0.1) is 11.3 Å². The van der Waals surface area contributed by atoms with Crippen LogP contribution in [0.2, 0.25) is 5.02 Å². The predicted molar refractivity (Wildman–Crippen MR) is 157 cm³/mol. The zero-order chi connectivity index (χ0) is 29.4.